The number of carbonyl (C=O) groups is 4. The number of anilines is 1. The minimum absolute atomic E-state index is 0.0645. The highest BCUT2D eigenvalue weighted by molar-refractivity contribution is 6.13. The first-order valence-electron chi connectivity index (χ1n) is 14.0. The van der Waals surface area contributed by atoms with Crippen LogP contribution in [0.15, 0.2) is 42.6 Å². The van der Waals surface area contributed by atoms with Crippen LogP contribution in [0.3, 0.4) is 0 Å². The molecule has 2 aromatic heterocycles. The first kappa shape index (κ1) is 31.4. The SMILES string of the molecule is [B]C(C)c1c(N2CCN(C(=O)OC(C)(C)C)C(CCOc3cccc(C(=O)OC)c3)C2=O)nc2ccc(C(=O)NC)cn12. The fourth-order valence-electron chi connectivity index (χ4n) is 4.89. The van der Waals surface area contributed by atoms with E-state index in [1.807, 2.05) is 0 Å². The average Bonchev–Trinajstić information content (AvgIpc) is 3.35. The summed E-state index contributed by atoms with van der Waals surface area (Å²) in [4.78, 5) is 59.2. The summed E-state index contributed by atoms with van der Waals surface area (Å²) in [5.74, 6) is -0.911. The zero-order valence-electron chi connectivity index (χ0n) is 25.2. The summed E-state index contributed by atoms with van der Waals surface area (Å²) in [7, 11) is 9.20. The normalized spacial score (nSPS) is 16.1. The zero-order chi connectivity index (χ0) is 31.5. The second kappa shape index (κ2) is 12.8. The molecule has 226 valence electrons. The number of nitrogens with one attached hydrogen (secondary N) is 1. The van der Waals surface area contributed by atoms with Gasteiger partial charge in [0.2, 0.25) is 0 Å². The second-order valence-corrected chi connectivity index (χ2v) is 11.2. The summed E-state index contributed by atoms with van der Waals surface area (Å²) in [6.07, 6.45) is 1.16. The number of fused-ring (bicyclic) bond motifs is 1. The molecule has 0 spiro atoms. The van der Waals surface area contributed by atoms with Crippen LogP contribution in [0.4, 0.5) is 10.6 Å². The van der Waals surface area contributed by atoms with Gasteiger partial charge in [-0.05, 0) is 56.9 Å². The Hall–Kier alpha value is -4.55. The molecule has 4 rings (SSSR count). The van der Waals surface area contributed by atoms with Crippen molar-refractivity contribution in [3.63, 3.8) is 0 Å². The smallest absolute Gasteiger partial charge is 0.411 e. The van der Waals surface area contributed by atoms with Crippen molar-refractivity contribution < 1.29 is 33.4 Å². The van der Waals surface area contributed by atoms with Crippen molar-refractivity contribution >= 4 is 43.2 Å². The molecule has 12 nitrogen and oxygen atoms in total. The van der Waals surface area contributed by atoms with Gasteiger partial charge in [0.15, 0.2) is 5.82 Å². The van der Waals surface area contributed by atoms with Crippen molar-refractivity contribution in [2.45, 2.75) is 51.6 Å². The molecule has 1 N–H and O–H groups in total. The number of carbonyl (C=O) groups excluding carboxylic acids is 4. The van der Waals surface area contributed by atoms with Crippen molar-refractivity contribution in [3.05, 3.63) is 59.4 Å². The Kier molecular flexibility index (Phi) is 9.32. The van der Waals surface area contributed by atoms with E-state index in [1.165, 1.54) is 16.9 Å². The highest BCUT2D eigenvalue weighted by atomic mass is 16.6. The Labute approximate surface area is 251 Å². The van der Waals surface area contributed by atoms with E-state index in [-0.39, 0.29) is 37.9 Å². The molecule has 2 unspecified atom stereocenters. The molecular weight excluding hydrogens is 553 g/mol. The summed E-state index contributed by atoms with van der Waals surface area (Å²) in [5, 5.41) is 2.60. The first-order valence-corrected chi connectivity index (χ1v) is 14.0. The van der Waals surface area contributed by atoms with Gasteiger partial charge in [-0.3, -0.25) is 19.4 Å². The van der Waals surface area contributed by atoms with Crippen molar-refractivity contribution in [1.82, 2.24) is 19.6 Å². The molecule has 3 aromatic rings. The van der Waals surface area contributed by atoms with Gasteiger partial charge in [0.1, 0.15) is 23.0 Å². The van der Waals surface area contributed by atoms with Gasteiger partial charge in [-0.1, -0.05) is 13.0 Å². The molecule has 1 saturated heterocycles. The maximum Gasteiger partial charge on any atom is 0.411 e. The highest BCUT2D eigenvalue weighted by Crippen LogP contribution is 2.31. The third kappa shape index (κ3) is 6.93. The second-order valence-electron chi connectivity index (χ2n) is 11.2. The Morgan fingerprint density at radius 2 is 1.88 bits per heavy atom. The van der Waals surface area contributed by atoms with Crippen LogP contribution < -0.4 is 15.0 Å². The molecule has 2 atom stereocenters. The Morgan fingerprint density at radius 3 is 2.53 bits per heavy atom. The van der Waals surface area contributed by atoms with Crippen LogP contribution in [0.5, 0.6) is 5.75 Å². The van der Waals surface area contributed by atoms with Gasteiger partial charge in [0, 0.05) is 32.8 Å². The molecule has 0 aliphatic carbocycles. The first-order chi connectivity index (χ1) is 20.3. The Bertz CT molecular complexity index is 1530. The monoisotopic (exact) mass is 589 g/mol. The predicted octanol–water partition coefficient (Wildman–Crippen LogP) is 3.13. The van der Waals surface area contributed by atoms with Crippen LogP contribution in [-0.2, 0) is 14.3 Å². The number of benzene rings is 1. The number of aromatic nitrogens is 2. The van der Waals surface area contributed by atoms with Gasteiger partial charge in [-0.15, -0.1) is 0 Å². The quantitative estimate of drug-likeness (QED) is 0.313. The van der Waals surface area contributed by atoms with Crippen LogP contribution in [0, 0.1) is 0 Å². The van der Waals surface area contributed by atoms with Gasteiger partial charge in [-0.2, -0.15) is 0 Å². The molecule has 1 fully saturated rings. The number of imidazole rings is 1. The standard InChI is InChI=1S/C30H36BN5O7/c1-18(31)24-25(33-23-11-10-20(17-36(23)24)26(37)32-5)35-14-13-34(29(40)43-30(2,3)4)22(27(35)38)12-15-42-21-9-7-8-19(16-21)28(39)41-6/h7-11,16-18,22H,12-15H2,1-6H3,(H,32,37). The number of piperazine rings is 1. The number of esters is 1. The molecule has 3 amide bonds. The fourth-order valence-corrected chi connectivity index (χ4v) is 4.89. The van der Waals surface area contributed by atoms with E-state index in [9.17, 15) is 19.2 Å². The van der Waals surface area contributed by atoms with Gasteiger partial charge in [0.25, 0.3) is 11.8 Å². The van der Waals surface area contributed by atoms with Crippen LogP contribution >= 0.6 is 0 Å². The van der Waals surface area contributed by atoms with Crippen LogP contribution in [0.2, 0.25) is 0 Å². The largest absolute Gasteiger partial charge is 0.493 e. The van der Waals surface area contributed by atoms with E-state index in [4.69, 9.17) is 27.0 Å². The van der Waals surface area contributed by atoms with Crippen LogP contribution in [0.25, 0.3) is 5.65 Å². The van der Waals surface area contributed by atoms with Gasteiger partial charge in [-0.25, -0.2) is 14.6 Å². The molecule has 1 aromatic carbocycles. The number of rotatable bonds is 8. The van der Waals surface area contributed by atoms with E-state index < -0.39 is 29.5 Å². The summed E-state index contributed by atoms with van der Waals surface area (Å²) in [6.45, 7) is 7.45. The minimum Gasteiger partial charge on any atom is -0.493 e. The zero-order valence-corrected chi connectivity index (χ0v) is 25.2. The van der Waals surface area contributed by atoms with Gasteiger partial charge >= 0.3 is 12.1 Å². The van der Waals surface area contributed by atoms with Gasteiger partial charge in [0.05, 0.1) is 38.4 Å². The third-order valence-electron chi connectivity index (χ3n) is 6.85. The van der Waals surface area contributed by atoms with Crippen molar-refractivity contribution in [2.75, 3.05) is 38.8 Å². The van der Waals surface area contributed by atoms with E-state index >= 15 is 0 Å². The molecule has 3 heterocycles. The molecular formula is C30H36BN5O7. The summed E-state index contributed by atoms with van der Waals surface area (Å²) in [6, 6.07) is 8.91. The average molecular weight is 589 g/mol. The molecule has 1 aliphatic rings. The molecule has 0 bridgehead atoms. The van der Waals surface area contributed by atoms with E-state index in [2.05, 4.69) is 5.32 Å². The molecule has 13 heteroatoms. The maximum absolute atomic E-state index is 14.1. The van der Waals surface area contributed by atoms with Crippen LogP contribution in [0.1, 0.15) is 66.3 Å². The number of amides is 3. The Balaban J connectivity index is 1.65. The summed E-state index contributed by atoms with van der Waals surface area (Å²) < 4.78 is 18.0. The lowest BCUT2D eigenvalue weighted by Crippen LogP contribution is -2.60. The summed E-state index contributed by atoms with van der Waals surface area (Å²) in [5.41, 5.74) is 1.04. The number of methoxy groups -OCH3 is 1. The van der Waals surface area contributed by atoms with E-state index in [0.717, 1.165) is 0 Å². The maximum atomic E-state index is 14.1. The Morgan fingerprint density at radius 1 is 1.14 bits per heavy atom. The van der Waals surface area contributed by atoms with E-state index in [0.29, 0.717) is 34.0 Å². The number of hydrogen-bond acceptors (Lipinski definition) is 8. The molecule has 43 heavy (non-hydrogen) atoms. The van der Waals surface area contributed by atoms with Crippen molar-refractivity contribution in [3.8, 4) is 5.75 Å². The highest BCUT2D eigenvalue weighted by Gasteiger charge is 2.41. The number of ether oxygens (including phenoxy) is 3. The van der Waals surface area contributed by atoms with Gasteiger partial charge < -0.3 is 23.9 Å². The molecule has 1 aliphatic heterocycles. The van der Waals surface area contributed by atoms with Crippen molar-refractivity contribution in [2.24, 2.45) is 0 Å². The lowest BCUT2D eigenvalue weighted by Gasteiger charge is -2.40. The third-order valence-corrected chi connectivity index (χ3v) is 6.85. The minimum atomic E-state index is -0.931. The summed E-state index contributed by atoms with van der Waals surface area (Å²) >= 11 is 0. The molecule has 0 saturated carbocycles. The lowest BCUT2D eigenvalue weighted by atomic mass is 9.86. The predicted molar refractivity (Wildman–Crippen MR) is 160 cm³/mol. The van der Waals surface area contributed by atoms with Crippen molar-refractivity contribution in [1.29, 1.82) is 0 Å². The number of pyridine rings is 1. The topological polar surface area (TPSA) is 132 Å². The van der Waals surface area contributed by atoms with E-state index in [1.54, 1.807) is 81.7 Å². The molecule has 2 radical (unpaired) electrons. The number of hydrogen-bond donors (Lipinski definition) is 1. The lowest BCUT2D eigenvalue weighted by molar-refractivity contribution is -0.126. The van der Waals surface area contributed by atoms with Crippen LogP contribution in [-0.4, -0.2) is 91.5 Å². The number of nitrogens with zero attached hydrogens (tertiary/aromatic N) is 4. The fraction of sp³-hybridized carbons (Fsp3) is 0.433.